The van der Waals surface area contributed by atoms with Gasteiger partial charge in [0.05, 0.1) is 10.9 Å². The number of aromatic nitrogens is 4. The monoisotopic (exact) mass is 375 g/mol. The highest BCUT2D eigenvalue weighted by Crippen LogP contribution is 2.25. The zero-order valence-electron chi connectivity index (χ0n) is 13.1. The van der Waals surface area contributed by atoms with Gasteiger partial charge in [-0.2, -0.15) is 4.68 Å². The first kappa shape index (κ1) is 17.2. The van der Waals surface area contributed by atoms with Crippen molar-refractivity contribution in [2.75, 3.05) is 5.32 Å². The minimum absolute atomic E-state index is 0.153. The summed E-state index contributed by atoms with van der Waals surface area (Å²) in [7, 11) is 0. The lowest BCUT2D eigenvalue weighted by Gasteiger charge is -2.12. The van der Waals surface area contributed by atoms with Crippen LogP contribution in [-0.4, -0.2) is 36.5 Å². The summed E-state index contributed by atoms with van der Waals surface area (Å²) in [6.07, 6.45) is 0. The maximum Gasteiger partial charge on any atom is 0.237 e. The molecule has 1 aromatic heterocycles. The molecule has 0 aliphatic carbocycles. The van der Waals surface area contributed by atoms with Crippen LogP contribution in [0, 0.1) is 0 Å². The normalized spacial score (nSPS) is 11.9. The zero-order chi connectivity index (χ0) is 17.8. The van der Waals surface area contributed by atoms with E-state index in [1.807, 2.05) is 0 Å². The Morgan fingerprint density at radius 2 is 2.04 bits per heavy atom. The van der Waals surface area contributed by atoms with Crippen LogP contribution in [-0.2, 0) is 4.79 Å². The molecular weight excluding hydrogens is 362 g/mol. The molecule has 0 fully saturated rings. The van der Waals surface area contributed by atoms with E-state index >= 15 is 0 Å². The number of amides is 1. The van der Waals surface area contributed by atoms with Crippen LogP contribution in [0.1, 0.15) is 6.92 Å². The average molecular weight is 376 g/mol. The van der Waals surface area contributed by atoms with Crippen molar-refractivity contribution in [1.82, 2.24) is 20.2 Å². The lowest BCUT2D eigenvalue weighted by atomic mass is 10.3. The number of thioether (sulfide) groups is 1. The number of aromatic hydroxyl groups is 1. The predicted molar refractivity (Wildman–Crippen MR) is 96.2 cm³/mol. The third-order valence-electron chi connectivity index (χ3n) is 3.28. The molecule has 0 saturated heterocycles. The van der Waals surface area contributed by atoms with Gasteiger partial charge < -0.3 is 10.4 Å². The number of anilines is 1. The van der Waals surface area contributed by atoms with E-state index in [1.54, 1.807) is 55.5 Å². The first-order valence-corrected chi connectivity index (χ1v) is 8.59. The van der Waals surface area contributed by atoms with Gasteiger partial charge in [-0.3, -0.25) is 4.79 Å². The summed E-state index contributed by atoms with van der Waals surface area (Å²) in [4.78, 5) is 12.4. The van der Waals surface area contributed by atoms with Gasteiger partial charge in [0.15, 0.2) is 0 Å². The number of nitrogens with zero attached hydrogens (tertiary/aromatic N) is 4. The van der Waals surface area contributed by atoms with E-state index < -0.39 is 5.25 Å². The number of hydrogen-bond acceptors (Lipinski definition) is 6. The summed E-state index contributed by atoms with van der Waals surface area (Å²) in [6.45, 7) is 1.76. The molecule has 3 rings (SSSR count). The average Bonchev–Trinajstić information content (AvgIpc) is 3.03. The lowest BCUT2D eigenvalue weighted by molar-refractivity contribution is -0.115. The Hall–Kier alpha value is -2.58. The molecular formula is C16H14ClN5O2S. The molecule has 1 heterocycles. The number of carbonyl (C=O) groups is 1. The van der Waals surface area contributed by atoms with Crippen LogP contribution in [0.5, 0.6) is 5.75 Å². The van der Waals surface area contributed by atoms with Crippen molar-refractivity contribution in [3.05, 3.63) is 53.6 Å². The van der Waals surface area contributed by atoms with E-state index in [2.05, 4.69) is 20.8 Å². The molecule has 25 heavy (non-hydrogen) atoms. The van der Waals surface area contributed by atoms with Crippen molar-refractivity contribution in [2.45, 2.75) is 17.3 Å². The van der Waals surface area contributed by atoms with Crippen molar-refractivity contribution in [3.63, 3.8) is 0 Å². The number of benzene rings is 2. The number of tetrazole rings is 1. The number of carbonyl (C=O) groups excluding carboxylic acids is 1. The van der Waals surface area contributed by atoms with Crippen LogP contribution in [0.2, 0.25) is 5.02 Å². The SMILES string of the molecule is C[C@@H](Sc1nnnn1-c1ccc(O)cc1)C(=O)Nc1cccc(Cl)c1. The summed E-state index contributed by atoms with van der Waals surface area (Å²) >= 11 is 7.15. The van der Waals surface area contributed by atoms with Gasteiger partial charge in [0, 0.05) is 10.7 Å². The van der Waals surface area contributed by atoms with Gasteiger partial charge in [0.25, 0.3) is 0 Å². The van der Waals surface area contributed by atoms with Crippen molar-refractivity contribution < 1.29 is 9.90 Å². The Labute approximate surface area is 153 Å². The van der Waals surface area contributed by atoms with Crippen LogP contribution in [0.15, 0.2) is 53.7 Å². The summed E-state index contributed by atoms with van der Waals surface area (Å²) in [5, 5.41) is 24.3. The maximum absolute atomic E-state index is 12.4. The highest BCUT2D eigenvalue weighted by atomic mass is 35.5. The van der Waals surface area contributed by atoms with Gasteiger partial charge in [-0.1, -0.05) is 29.4 Å². The Balaban J connectivity index is 1.71. The Bertz CT molecular complexity index is 884. The lowest BCUT2D eigenvalue weighted by Crippen LogP contribution is -2.22. The number of halogens is 1. The Kier molecular flexibility index (Phi) is 5.20. The van der Waals surface area contributed by atoms with Crippen molar-refractivity contribution in [3.8, 4) is 11.4 Å². The van der Waals surface area contributed by atoms with Gasteiger partial charge in [-0.25, -0.2) is 0 Å². The topological polar surface area (TPSA) is 92.9 Å². The summed E-state index contributed by atoms with van der Waals surface area (Å²) in [5.74, 6) is -0.0344. The van der Waals surface area contributed by atoms with Crippen LogP contribution in [0.3, 0.4) is 0 Å². The fraction of sp³-hybridized carbons (Fsp3) is 0.125. The highest BCUT2D eigenvalue weighted by molar-refractivity contribution is 8.00. The Morgan fingerprint density at radius 3 is 2.76 bits per heavy atom. The minimum atomic E-state index is -0.430. The molecule has 1 atom stereocenters. The molecule has 0 aliphatic rings. The van der Waals surface area contributed by atoms with E-state index in [4.69, 9.17) is 11.6 Å². The third kappa shape index (κ3) is 4.28. The van der Waals surface area contributed by atoms with Crippen molar-refractivity contribution in [2.24, 2.45) is 0 Å². The third-order valence-corrected chi connectivity index (χ3v) is 4.55. The zero-order valence-corrected chi connectivity index (χ0v) is 14.7. The van der Waals surface area contributed by atoms with Crippen molar-refractivity contribution in [1.29, 1.82) is 0 Å². The predicted octanol–water partition coefficient (Wildman–Crippen LogP) is 3.14. The van der Waals surface area contributed by atoms with E-state index in [1.165, 1.54) is 16.4 Å². The van der Waals surface area contributed by atoms with Crippen LogP contribution in [0.25, 0.3) is 5.69 Å². The minimum Gasteiger partial charge on any atom is -0.508 e. The quantitative estimate of drug-likeness (QED) is 0.665. The largest absolute Gasteiger partial charge is 0.508 e. The van der Waals surface area contributed by atoms with Gasteiger partial charge in [-0.15, -0.1) is 5.10 Å². The van der Waals surface area contributed by atoms with Gasteiger partial charge >= 0.3 is 0 Å². The molecule has 0 bridgehead atoms. The number of hydrogen-bond donors (Lipinski definition) is 2. The number of rotatable bonds is 5. The molecule has 2 aromatic carbocycles. The fourth-order valence-electron chi connectivity index (χ4n) is 2.03. The number of nitrogens with one attached hydrogen (secondary N) is 1. The number of phenols is 1. The first-order chi connectivity index (χ1) is 12.0. The molecule has 9 heteroatoms. The fourth-order valence-corrected chi connectivity index (χ4v) is 3.03. The van der Waals surface area contributed by atoms with Gasteiger partial charge in [-0.05, 0) is 59.8 Å². The molecule has 0 unspecified atom stereocenters. The molecule has 0 radical (unpaired) electrons. The second kappa shape index (κ2) is 7.54. The summed E-state index contributed by atoms with van der Waals surface area (Å²) in [5.41, 5.74) is 1.32. The van der Waals surface area contributed by atoms with Crippen molar-refractivity contribution >= 4 is 35.0 Å². The number of phenolic OH excluding ortho intramolecular Hbond substituents is 1. The molecule has 7 nitrogen and oxygen atoms in total. The summed E-state index contributed by atoms with van der Waals surface area (Å²) in [6, 6.07) is 13.4. The van der Waals surface area contributed by atoms with Gasteiger partial charge in [0.1, 0.15) is 5.75 Å². The van der Waals surface area contributed by atoms with E-state index in [0.29, 0.717) is 21.6 Å². The summed E-state index contributed by atoms with van der Waals surface area (Å²) < 4.78 is 1.51. The van der Waals surface area contributed by atoms with Gasteiger partial charge in [0.2, 0.25) is 11.1 Å². The van der Waals surface area contributed by atoms with E-state index in [9.17, 15) is 9.90 Å². The molecule has 0 aliphatic heterocycles. The highest BCUT2D eigenvalue weighted by Gasteiger charge is 2.19. The van der Waals surface area contributed by atoms with Crippen LogP contribution in [0.4, 0.5) is 5.69 Å². The first-order valence-electron chi connectivity index (χ1n) is 7.34. The standard InChI is InChI=1S/C16H14ClN5O2S/c1-10(15(24)18-12-4-2-3-11(17)9-12)25-16-19-20-21-22(16)13-5-7-14(23)8-6-13/h2-10,23H,1H3,(H,18,24)/t10-/m1/s1. The smallest absolute Gasteiger partial charge is 0.237 e. The van der Waals surface area contributed by atoms with E-state index in [-0.39, 0.29) is 11.7 Å². The molecule has 128 valence electrons. The second-order valence-corrected chi connectivity index (χ2v) is 6.89. The molecule has 1 amide bonds. The molecule has 3 aromatic rings. The van der Waals surface area contributed by atoms with Crippen LogP contribution >= 0.6 is 23.4 Å². The van der Waals surface area contributed by atoms with Crippen LogP contribution < -0.4 is 5.32 Å². The molecule has 0 spiro atoms. The molecule has 0 saturated carbocycles. The second-order valence-electron chi connectivity index (χ2n) is 5.15. The van der Waals surface area contributed by atoms with E-state index in [0.717, 1.165) is 0 Å². The maximum atomic E-state index is 12.4. The molecule has 2 N–H and O–H groups in total. The Morgan fingerprint density at radius 1 is 1.28 bits per heavy atom.